The van der Waals surface area contributed by atoms with Crippen molar-refractivity contribution in [2.75, 3.05) is 30.4 Å². The minimum absolute atomic E-state index is 0.272. The second-order valence-electron chi connectivity index (χ2n) is 5.81. The highest BCUT2D eigenvalue weighted by atomic mass is 35.5. The van der Waals surface area contributed by atoms with Gasteiger partial charge in [0.25, 0.3) is 0 Å². The van der Waals surface area contributed by atoms with E-state index in [9.17, 15) is 4.79 Å². The molecule has 2 N–H and O–H groups in total. The second-order valence-corrected chi connectivity index (χ2v) is 6.24. The number of anilines is 3. The van der Waals surface area contributed by atoms with Crippen LogP contribution in [-0.4, -0.2) is 41.2 Å². The summed E-state index contributed by atoms with van der Waals surface area (Å²) < 4.78 is 5.31. The van der Waals surface area contributed by atoms with E-state index >= 15 is 0 Å². The Labute approximate surface area is 150 Å². The molecule has 0 bridgehead atoms. The number of hydrogen-bond acceptors (Lipinski definition) is 6. The molecule has 0 spiro atoms. The maximum atomic E-state index is 11.1. The molecule has 0 amide bonds. The smallest absolute Gasteiger partial charge is 0.306 e. The van der Waals surface area contributed by atoms with Crippen molar-refractivity contribution in [3.05, 3.63) is 35.5 Å². The molecule has 3 rings (SSSR count). The van der Waals surface area contributed by atoms with Crippen molar-refractivity contribution in [1.29, 1.82) is 0 Å². The van der Waals surface area contributed by atoms with Crippen LogP contribution < -0.4 is 15.0 Å². The SMILES string of the molecule is COc1ccc(Cl)cc1Nc1nccc(N2CCC(C(=O)O)CC2)n1. The van der Waals surface area contributed by atoms with Gasteiger partial charge in [-0.05, 0) is 37.1 Å². The van der Waals surface area contributed by atoms with E-state index in [2.05, 4.69) is 20.2 Å². The average molecular weight is 363 g/mol. The molecule has 1 aliphatic rings. The van der Waals surface area contributed by atoms with Crippen LogP contribution in [0, 0.1) is 5.92 Å². The summed E-state index contributed by atoms with van der Waals surface area (Å²) in [5.74, 6) is 0.839. The summed E-state index contributed by atoms with van der Waals surface area (Å²) in [4.78, 5) is 21.9. The third kappa shape index (κ3) is 4.11. The number of nitrogens with zero attached hydrogens (tertiary/aromatic N) is 3. The first-order valence-corrected chi connectivity index (χ1v) is 8.36. The number of hydrogen-bond donors (Lipinski definition) is 2. The number of methoxy groups -OCH3 is 1. The zero-order valence-corrected chi connectivity index (χ0v) is 14.5. The largest absolute Gasteiger partial charge is 0.495 e. The molecule has 2 aromatic rings. The van der Waals surface area contributed by atoms with E-state index in [0.717, 1.165) is 5.82 Å². The minimum Gasteiger partial charge on any atom is -0.495 e. The van der Waals surface area contributed by atoms with Crippen LogP contribution >= 0.6 is 11.6 Å². The van der Waals surface area contributed by atoms with Crippen molar-refractivity contribution < 1.29 is 14.6 Å². The van der Waals surface area contributed by atoms with Crippen LogP contribution in [-0.2, 0) is 4.79 Å². The van der Waals surface area contributed by atoms with Gasteiger partial charge in [-0.25, -0.2) is 4.98 Å². The van der Waals surface area contributed by atoms with Gasteiger partial charge in [0.15, 0.2) is 0 Å². The lowest BCUT2D eigenvalue weighted by molar-refractivity contribution is -0.142. The summed E-state index contributed by atoms with van der Waals surface area (Å²) in [6.07, 6.45) is 2.90. The molecule has 8 heteroatoms. The van der Waals surface area contributed by atoms with Crippen LogP contribution in [0.25, 0.3) is 0 Å². The number of carbonyl (C=O) groups is 1. The van der Waals surface area contributed by atoms with Crippen LogP contribution in [0.15, 0.2) is 30.5 Å². The maximum absolute atomic E-state index is 11.1. The Morgan fingerprint density at radius 2 is 2.12 bits per heavy atom. The molecule has 1 saturated heterocycles. The number of halogens is 1. The quantitative estimate of drug-likeness (QED) is 0.844. The van der Waals surface area contributed by atoms with Gasteiger partial charge in [-0.1, -0.05) is 11.6 Å². The maximum Gasteiger partial charge on any atom is 0.306 e. The summed E-state index contributed by atoms with van der Waals surface area (Å²) in [5.41, 5.74) is 0.678. The molecule has 2 heterocycles. The summed E-state index contributed by atoms with van der Waals surface area (Å²) in [5, 5.41) is 12.8. The first-order chi connectivity index (χ1) is 12.1. The lowest BCUT2D eigenvalue weighted by Crippen LogP contribution is -2.36. The van der Waals surface area contributed by atoms with E-state index in [0.29, 0.717) is 48.3 Å². The molecule has 1 fully saturated rings. The molecule has 1 aromatic carbocycles. The molecule has 0 radical (unpaired) electrons. The minimum atomic E-state index is -0.724. The number of nitrogens with one attached hydrogen (secondary N) is 1. The molecular formula is C17H19ClN4O3. The molecule has 7 nitrogen and oxygen atoms in total. The Hall–Kier alpha value is -2.54. The van der Waals surface area contributed by atoms with E-state index in [4.69, 9.17) is 21.4 Å². The van der Waals surface area contributed by atoms with Crippen molar-refractivity contribution in [1.82, 2.24) is 9.97 Å². The number of aliphatic carboxylic acids is 1. The van der Waals surface area contributed by atoms with Gasteiger partial charge in [0, 0.05) is 24.3 Å². The van der Waals surface area contributed by atoms with Crippen LogP contribution in [0.1, 0.15) is 12.8 Å². The van der Waals surface area contributed by atoms with Gasteiger partial charge >= 0.3 is 5.97 Å². The molecule has 1 aliphatic heterocycles. The summed E-state index contributed by atoms with van der Waals surface area (Å²) in [6.45, 7) is 1.32. The fourth-order valence-corrected chi connectivity index (χ4v) is 3.01. The first kappa shape index (κ1) is 17.3. The monoisotopic (exact) mass is 362 g/mol. The Balaban J connectivity index is 1.74. The number of aromatic nitrogens is 2. The lowest BCUT2D eigenvalue weighted by atomic mass is 9.97. The lowest BCUT2D eigenvalue weighted by Gasteiger charge is -2.31. The van der Waals surface area contributed by atoms with Crippen LogP contribution in [0.5, 0.6) is 5.75 Å². The molecule has 0 atom stereocenters. The zero-order valence-electron chi connectivity index (χ0n) is 13.8. The van der Waals surface area contributed by atoms with Crippen LogP contribution in [0.2, 0.25) is 5.02 Å². The third-order valence-electron chi connectivity index (χ3n) is 4.22. The molecule has 25 heavy (non-hydrogen) atoms. The van der Waals surface area contributed by atoms with Gasteiger partial charge in [-0.2, -0.15) is 4.98 Å². The van der Waals surface area contributed by atoms with Gasteiger partial charge in [-0.15, -0.1) is 0 Å². The highest BCUT2D eigenvalue weighted by Gasteiger charge is 2.25. The predicted molar refractivity (Wildman–Crippen MR) is 95.9 cm³/mol. The van der Waals surface area contributed by atoms with Gasteiger partial charge in [0.2, 0.25) is 5.95 Å². The first-order valence-electron chi connectivity index (χ1n) is 7.98. The normalized spacial score (nSPS) is 15.0. The topological polar surface area (TPSA) is 87.6 Å². The van der Waals surface area contributed by atoms with Crippen molar-refractivity contribution in [3.8, 4) is 5.75 Å². The van der Waals surface area contributed by atoms with E-state index in [1.54, 1.807) is 31.5 Å². The standard InChI is InChI=1S/C17H19ClN4O3/c1-25-14-3-2-12(18)10-13(14)20-17-19-7-4-15(21-17)22-8-5-11(6-9-22)16(23)24/h2-4,7,10-11H,5-6,8-9H2,1H3,(H,23,24)(H,19,20,21). The van der Waals surface area contributed by atoms with Crippen LogP contribution in [0.3, 0.4) is 0 Å². The Morgan fingerprint density at radius 1 is 1.36 bits per heavy atom. The van der Waals surface area contributed by atoms with Gasteiger partial charge in [0.1, 0.15) is 11.6 Å². The number of benzene rings is 1. The zero-order chi connectivity index (χ0) is 17.8. The number of piperidine rings is 1. The second kappa shape index (κ2) is 7.57. The highest BCUT2D eigenvalue weighted by molar-refractivity contribution is 6.31. The van der Waals surface area contributed by atoms with Gasteiger partial charge in [-0.3, -0.25) is 4.79 Å². The average Bonchev–Trinajstić information content (AvgIpc) is 2.62. The Bertz CT molecular complexity index is 763. The van der Waals surface area contributed by atoms with Crippen molar-refractivity contribution >= 4 is 35.0 Å². The summed E-state index contributed by atoms with van der Waals surface area (Å²) in [6, 6.07) is 7.08. The van der Waals surface area contributed by atoms with E-state index in [1.165, 1.54) is 0 Å². The van der Waals surface area contributed by atoms with E-state index < -0.39 is 5.97 Å². The van der Waals surface area contributed by atoms with Crippen molar-refractivity contribution in [3.63, 3.8) is 0 Å². The van der Waals surface area contributed by atoms with Crippen molar-refractivity contribution in [2.24, 2.45) is 5.92 Å². The summed E-state index contributed by atoms with van der Waals surface area (Å²) >= 11 is 6.04. The third-order valence-corrected chi connectivity index (χ3v) is 4.45. The van der Waals surface area contributed by atoms with Crippen LogP contribution in [0.4, 0.5) is 17.5 Å². The fourth-order valence-electron chi connectivity index (χ4n) is 2.84. The predicted octanol–water partition coefficient (Wildman–Crippen LogP) is 3.18. The Kier molecular flexibility index (Phi) is 5.23. The van der Waals surface area contributed by atoms with E-state index in [1.807, 2.05) is 6.07 Å². The number of carboxylic acids is 1. The number of carboxylic acid groups (broad SMARTS) is 1. The number of rotatable bonds is 5. The fraction of sp³-hybridized carbons (Fsp3) is 0.353. The van der Waals surface area contributed by atoms with Gasteiger partial charge < -0.3 is 20.1 Å². The molecular weight excluding hydrogens is 344 g/mol. The van der Waals surface area contributed by atoms with Gasteiger partial charge in [0.05, 0.1) is 18.7 Å². The molecule has 0 unspecified atom stereocenters. The highest BCUT2D eigenvalue weighted by Crippen LogP contribution is 2.30. The van der Waals surface area contributed by atoms with E-state index in [-0.39, 0.29) is 5.92 Å². The summed E-state index contributed by atoms with van der Waals surface area (Å²) in [7, 11) is 1.58. The number of ether oxygens (including phenoxy) is 1. The molecule has 132 valence electrons. The molecule has 0 saturated carbocycles. The molecule has 0 aliphatic carbocycles. The van der Waals surface area contributed by atoms with Crippen molar-refractivity contribution in [2.45, 2.75) is 12.8 Å². The Morgan fingerprint density at radius 3 is 2.80 bits per heavy atom. The molecule has 1 aromatic heterocycles.